The molecule has 0 bridgehead atoms. The monoisotopic (exact) mass is 1020 g/mol. The molecule has 6 aromatic heterocycles. The number of pyridine rings is 4. The van der Waals surface area contributed by atoms with Crippen LogP contribution in [0.25, 0.3) is 22.1 Å². The molecule has 2 aromatic carbocycles. The van der Waals surface area contributed by atoms with Crippen LogP contribution in [-0.4, -0.2) is 65.3 Å². The molecule has 0 unspecified atom stereocenters. The molecule has 0 amide bonds. The van der Waals surface area contributed by atoms with E-state index >= 15 is 0 Å². The van der Waals surface area contributed by atoms with Gasteiger partial charge in [0, 0.05) is 59.1 Å². The normalized spacial score (nSPS) is 12.4. The summed E-state index contributed by atoms with van der Waals surface area (Å²) in [5.41, 5.74) is -1.16. The molecule has 0 aliphatic heterocycles. The van der Waals surface area contributed by atoms with Crippen molar-refractivity contribution in [3.8, 4) is 0 Å². The lowest BCUT2D eigenvalue weighted by Gasteiger charge is -2.16. The number of ketones is 1. The second-order valence-electron chi connectivity index (χ2n) is 14.4. The number of aromatic nitrogens is 6. The van der Waals surface area contributed by atoms with Crippen LogP contribution in [0.15, 0.2) is 125 Å². The van der Waals surface area contributed by atoms with Gasteiger partial charge in [-0.3, -0.25) is 19.2 Å². The van der Waals surface area contributed by atoms with Crippen LogP contribution in [0.5, 0.6) is 0 Å². The number of hydrogen-bond acceptors (Lipinski definition) is 11. The number of H-pyrrole nitrogens is 2. The molecule has 0 saturated heterocycles. The zero-order valence-corrected chi connectivity index (χ0v) is 38.1. The van der Waals surface area contributed by atoms with Crippen molar-refractivity contribution in [2.45, 2.75) is 36.0 Å². The smallest absolute Gasteiger partial charge is 0.399 e. The predicted octanol–water partition coefficient (Wildman–Crippen LogP) is 10.1. The lowest BCUT2D eigenvalue weighted by atomic mass is 10.0. The van der Waals surface area contributed by atoms with Gasteiger partial charge in [0.05, 0.1) is 42.3 Å². The molecule has 68 heavy (non-hydrogen) atoms. The van der Waals surface area contributed by atoms with Crippen LogP contribution >= 0.6 is 23.2 Å². The largest absolute Gasteiger partial charge is 0.416 e. The Bertz CT molecular complexity index is 3510. The van der Waals surface area contributed by atoms with Crippen molar-refractivity contribution in [3.63, 3.8) is 0 Å². The third-order valence-corrected chi connectivity index (χ3v) is 13.0. The number of rotatable bonds is 11. The van der Waals surface area contributed by atoms with Crippen molar-refractivity contribution in [3.05, 3.63) is 165 Å². The second kappa shape index (κ2) is 18.9. The molecule has 8 rings (SSSR count). The SMILES string of the molecule is CON=C(c1ncc(Cl)cc1NS(=O)(=O)c1ccc(C)c(C(F)(F)F)c1)c1ccnc2[nH]ccc12.Cc1ccc(S(=O)(=O)Nc2cc(Cl)cnc2C(=O)c2ccnc3[nH]ccc23)cc1C(F)(F)F. The van der Waals surface area contributed by atoms with E-state index in [2.05, 4.69) is 44.5 Å². The van der Waals surface area contributed by atoms with Gasteiger partial charge >= 0.3 is 12.4 Å². The van der Waals surface area contributed by atoms with Crippen molar-refractivity contribution in [2.24, 2.45) is 5.16 Å². The maximum absolute atomic E-state index is 13.4. The van der Waals surface area contributed by atoms with Crippen molar-refractivity contribution in [1.82, 2.24) is 29.9 Å². The van der Waals surface area contributed by atoms with Gasteiger partial charge in [-0.05, 0) is 85.6 Å². The highest BCUT2D eigenvalue weighted by Gasteiger charge is 2.35. The van der Waals surface area contributed by atoms with Crippen LogP contribution in [0.2, 0.25) is 10.0 Å². The number of fused-ring (bicyclic) bond motifs is 2. The van der Waals surface area contributed by atoms with E-state index in [-0.39, 0.29) is 55.2 Å². The van der Waals surface area contributed by atoms with E-state index in [1.54, 1.807) is 30.6 Å². The fourth-order valence-corrected chi connectivity index (χ4v) is 9.21. The summed E-state index contributed by atoms with van der Waals surface area (Å²) < 4.78 is 136. The molecular weight excluding hydrogens is 988 g/mol. The highest BCUT2D eigenvalue weighted by molar-refractivity contribution is 7.93. The summed E-state index contributed by atoms with van der Waals surface area (Å²) in [6, 6.07) is 14.3. The van der Waals surface area contributed by atoms with Crippen LogP contribution in [0.1, 0.15) is 49.6 Å². The van der Waals surface area contributed by atoms with Gasteiger partial charge in [-0.2, -0.15) is 26.3 Å². The molecule has 25 heteroatoms. The van der Waals surface area contributed by atoms with E-state index in [0.29, 0.717) is 39.8 Å². The summed E-state index contributed by atoms with van der Waals surface area (Å²) in [6.07, 6.45) is -0.847. The van der Waals surface area contributed by atoms with Gasteiger partial charge in [0.2, 0.25) is 5.78 Å². The Hall–Kier alpha value is -7.08. The van der Waals surface area contributed by atoms with Crippen molar-refractivity contribution >= 4 is 88.2 Å². The zero-order chi connectivity index (χ0) is 49.3. The van der Waals surface area contributed by atoms with E-state index in [9.17, 15) is 48.0 Å². The molecule has 6 heterocycles. The van der Waals surface area contributed by atoms with Gasteiger partial charge in [-0.15, -0.1) is 0 Å². The minimum Gasteiger partial charge on any atom is -0.399 e. The quantitative estimate of drug-likeness (QED) is 0.0416. The maximum Gasteiger partial charge on any atom is 0.416 e. The van der Waals surface area contributed by atoms with Crippen LogP contribution in [0, 0.1) is 13.8 Å². The second-order valence-corrected chi connectivity index (χ2v) is 18.6. The van der Waals surface area contributed by atoms with Gasteiger partial charge in [-0.25, -0.2) is 31.8 Å². The molecule has 0 fully saturated rings. The number of carbonyl (C=O) groups excluding carboxylic acids is 1. The van der Waals surface area contributed by atoms with Crippen LogP contribution < -0.4 is 9.44 Å². The Morgan fingerprint density at radius 3 is 1.54 bits per heavy atom. The van der Waals surface area contributed by atoms with Gasteiger partial charge in [0.25, 0.3) is 20.0 Å². The lowest BCUT2D eigenvalue weighted by Crippen LogP contribution is -2.19. The first kappa shape index (κ1) is 48.8. The number of sulfonamides is 2. The topological polar surface area (TPSA) is 214 Å². The number of halogens is 8. The molecule has 0 spiro atoms. The number of aromatic amines is 2. The molecule has 8 aromatic rings. The average Bonchev–Trinajstić information content (AvgIpc) is 3.96. The zero-order valence-electron chi connectivity index (χ0n) is 34.9. The molecule has 0 saturated carbocycles. The maximum atomic E-state index is 13.4. The first-order valence-corrected chi connectivity index (χ1v) is 22.9. The van der Waals surface area contributed by atoms with Crippen molar-refractivity contribution in [1.29, 1.82) is 0 Å². The number of alkyl halides is 6. The van der Waals surface area contributed by atoms with Gasteiger partial charge in [0.15, 0.2) is 0 Å². The summed E-state index contributed by atoms with van der Waals surface area (Å²) in [5, 5.41) is 5.28. The van der Waals surface area contributed by atoms with Crippen molar-refractivity contribution in [2.75, 3.05) is 16.6 Å². The minimum atomic E-state index is -4.74. The highest BCUT2D eigenvalue weighted by Crippen LogP contribution is 2.36. The third-order valence-electron chi connectivity index (χ3n) is 9.89. The third kappa shape index (κ3) is 10.4. The van der Waals surface area contributed by atoms with E-state index in [1.165, 1.54) is 51.7 Å². The minimum absolute atomic E-state index is 0.0191. The number of oxime groups is 1. The number of aryl methyl sites for hydroxylation is 2. The number of carbonyl (C=O) groups is 1. The number of anilines is 2. The fourth-order valence-electron chi connectivity index (χ4n) is 6.72. The van der Waals surface area contributed by atoms with E-state index in [4.69, 9.17) is 28.0 Å². The van der Waals surface area contributed by atoms with Crippen LogP contribution in [0.3, 0.4) is 0 Å². The van der Waals surface area contributed by atoms with Crippen LogP contribution in [-0.2, 0) is 37.2 Å². The predicted molar refractivity (Wildman–Crippen MR) is 241 cm³/mol. The number of benzene rings is 2. The molecule has 4 N–H and O–H groups in total. The van der Waals surface area contributed by atoms with Gasteiger partial charge < -0.3 is 14.8 Å². The van der Waals surface area contributed by atoms with Crippen LogP contribution in [0.4, 0.5) is 37.7 Å². The Morgan fingerprint density at radius 1 is 0.632 bits per heavy atom. The van der Waals surface area contributed by atoms with Gasteiger partial charge in [0.1, 0.15) is 35.5 Å². The fraction of sp³-hybridized carbons (Fsp3) is 0.116. The van der Waals surface area contributed by atoms with E-state index in [0.717, 1.165) is 36.5 Å². The average molecular weight is 1020 g/mol. The Kier molecular flexibility index (Phi) is 13.6. The van der Waals surface area contributed by atoms with Gasteiger partial charge in [-0.1, -0.05) is 40.5 Å². The summed E-state index contributed by atoms with van der Waals surface area (Å²) in [6.45, 7) is 2.47. The first-order chi connectivity index (χ1) is 32.0. The highest BCUT2D eigenvalue weighted by atomic mass is 35.5. The molecule has 0 aliphatic carbocycles. The molecule has 0 atom stereocenters. The molecule has 352 valence electrons. The summed E-state index contributed by atoms with van der Waals surface area (Å²) in [5.74, 6) is -0.628. The lowest BCUT2D eigenvalue weighted by molar-refractivity contribution is -0.139. The Labute approximate surface area is 391 Å². The van der Waals surface area contributed by atoms with E-state index < -0.39 is 59.1 Å². The number of hydrogen-bond donors (Lipinski definition) is 4. The molecule has 0 radical (unpaired) electrons. The summed E-state index contributed by atoms with van der Waals surface area (Å²) in [4.78, 5) is 39.3. The summed E-state index contributed by atoms with van der Waals surface area (Å²) >= 11 is 12.0. The van der Waals surface area contributed by atoms with Crippen molar-refractivity contribution < 1.29 is 52.8 Å². The van der Waals surface area contributed by atoms with E-state index in [1.807, 2.05) is 0 Å². The first-order valence-electron chi connectivity index (χ1n) is 19.2. The standard InChI is InChI=1S/C22H17ClF3N5O3S.C21H14ClF3N4O3S/c1-12-3-4-14(10-17(12)22(24,25)26)35(32,33)31-18-9-13(23)11-29-20(18)19(30-34-2)15-5-7-27-21-16(15)6-8-28-21;1-11-2-3-13(9-16(11)21(23,24)25)33(31,32)29-17-8-12(22)10-28-18(17)19(30)14-4-6-26-20-15(14)5-7-27-20/h3-11,31H,1-2H3,(H,27,28);2-10,29H,1H3,(H,26,27). The molecule has 0 aliphatic rings. The molecular formula is C43H31Cl2F6N9O6S2. The molecule has 15 nitrogen and oxygen atoms in total. The summed E-state index contributed by atoms with van der Waals surface area (Å²) in [7, 11) is -7.69. The number of nitrogens with one attached hydrogen (secondary N) is 4. The Balaban J connectivity index is 0.000000202. The number of nitrogens with zero attached hydrogens (tertiary/aromatic N) is 5. The Morgan fingerprint density at radius 2 is 1.07 bits per heavy atom.